The van der Waals surface area contributed by atoms with Crippen LogP contribution < -0.4 is 10.6 Å². The Morgan fingerprint density at radius 2 is 1.57 bits per heavy atom. The van der Waals surface area contributed by atoms with Gasteiger partial charge in [0.25, 0.3) is 0 Å². The van der Waals surface area contributed by atoms with Gasteiger partial charge >= 0.3 is 18.0 Å². The zero-order valence-corrected chi connectivity index (χ0v) is 22.8. The predicted molar refractivity (Wildman–Crippen MR) is 133 cm³/mol. The largest absolute Gasteiger partial charge is 0.435 e. The maximum atomic E-state index is 15.0. The van der Waals surface area contributed by atoms with Crippen molar-refractivity contribution in [3.63, 3.8) is 0 Å². The summed E-state index contributed by atoms with van der Waals surface area (Å²) >= 11 is 0. The summed E-state index contributed by atoms with van der Waals surface area (Å²) in [4.78, 5) is 23.4. The Bertz CT molecular complexity index is 1460. The van der Waals surface area contributed by atoms with Gasteiger partial charge in [-0.1, -0.05) is 18.2 Å². The van der Waals surface area contributed by atoms with Crippen LogP contribution in [-0.4, -0.2) is 45.2 Å². The number of alkyl halides is 7. The van der Waals surface area contributed by atoms with Gasteiger partial charge in [0.15, 0.2) is 9.84 Å². The first kappa shape index (κ1) is 31.7. The minimum Gasteiger partial charge on any atom is -0.351 e. The molecule has 15 heteroatoms. The summed E-state index contributed by atoms with van der Waals surface area (Å²) in [5.41, 5.74) is -7.75. The van der Waals surface area contributed by atoms with E-state index in [1.807, 2.05) is 0 Å². The summed E-state index contributed by atoms with van der Waals surface area (Å²) < 4.78 is 137. The average Bonchev–Trinajstić information content (AvgIpc) is 3.15. The standard InChI is InChI=1S/C27H26F8N2O4S/c1-15(38)36-14-23(39)37-22-11-12-24(42(40,41)19-8-6-18(28)7-9-19)20-10-5-17(13-16(20)3-2-4-21(22)24)25(29,26(30,31)32)27(33,34)35/h5-10,13,21-22H,2-4,11-12,14H2,1H3,(H,36,38)(H,37,39)/t21-,22+,24+/m0/s1. The molecular formula is C27H26F8N2O4S. The highest BCUT2D eigenvalue weighted by molar-refractivity contribution is 7.92. The van der Waals surface area contributed by atoms with Crippen LogP contribution in [-0.2, 0) is 36.3 Å². The number of fused-ring (bicyclic) bond motifs is 3. The van der Waals surface area contributed by atoms with E-state index in [4.69, 9.17) is 0 Å². The quantitative estimate of drug-likeness (QED) is 0.343. The number of halogens is 8. The van der Waals surface area contributed by atoms with Gasteiger partial charge in [-0.2, -0.15) is 26.3 Å². The summed E-state index contributed by atoms with van der Waals surface area (Å²) in [6, 6.07) is 4.48. The van der Waals surface area contributed by atoms with E-state index in [0.717, 1.165) is 30.3 Å². The van der Waals surface area contributed by atoms with Crippen molar-refractivity contribution >= 4 is 21.7 Å². The molecule has 2 aliphatic rings. The first-order chi connectivity index (χ1) is 19.4. The van der Waals surface area contributed by atoms with E-state index in [1.165, 1.54) is 6.92 Å². The fourth-order valence-electron chi connectivity index (χ4n) is 6.22. The first-order valence-corrected chi connectivity index (χ1v) is 14.3. The van der Waals surface area contributed by atoms with Crippen LogP contribution >= 0.6 is 0 Å². The third-order valence-corrected chi connectivity index (χ3v) is 10.6. The molecule has 2 aliphatic carbocycles. The summed E-state index contributed by atoms with van der Waals surface area (Å²) in [6.45, 7) is 0.771. The van der Waals surface area contributed by atoms with Gasteiger partial charge in [-0.25, -0.2) is 17.2 Å². The highest BCUT2D eigenvalue weighted by Gasteiger charge is 2.73. The molecular weight excluding hydrogens is 600 g/mol. The summed E-state index contributed by atoms with van der Waals surface area (Å²) in [7, 11) is -4.54. The monoisotopic (exact) mass is 626 g/mol. The molecule has 0 bridgehead atoms. The van der Waals surface area contributed by atoms with Crippen molar-refractivity contribution in [2.24, 2.45) is 5.92 Å². The van der Waals surface area contributed by atoms with E-state index in [2.05, 4.69) is 10.6 Å². The topological polar surface area (TPSA) is 92.3 Å². The van der Waals surface area contributed by atoms with Gasteiger partial charge in [0.1, 0.15) is 10.6 Å². The highest BCUT2D eigenvalue weighted by atomic mass is 32.2. The van der Waals surface area contributed by atoms with Crippen molar-refractivity contribution < 1.29 is 53.1 Å². The molecule has 3 atom stereocenters. The Morgan fingerprint density at radius 3 is 2.14 bits per heavy atom. The minimum absolute atomic E-state index is 0.0518. The Hall–Kier alpha value is -3.23. The molecule has 2 N–H and O–H groups in total. The van der Waals surface area contributed by atoms with E-state index in [1.54, 1.807) is 0 Å². The maximum Gasteiger partial charge on any atom is 0.435 e. The number of carbonyl (C=O) groups excluding carboxylic acids is 2. The number of nitrogens with one attached hydrogen (secondary N) is 2. The molecule has 1 saturated carbocycles. The van der Waals surface area contributed by atoms with Crippen molar-refractivity contribution in [2.75, 3.05) is 6.54 Å². The summed E-state index contributed by atoms with van der Waals surface area (Å²) in [5.74, 6) is -2.79. The van der Waals surface area contributed by atoms with E-state index < -0.39 is 74.3 Å². The number of benzene rings is 2. The van der Waals surface area contributed by atoms with Crippen LogP contribution in [0.3, 0.4) is 0 Å². The second-order valence-electron chi connectivity index (χ2n) is 10.5. The molecule has 0 radical (unpaired) electrons. The average molecular weight is 627 g/mol. The molecule has 2 amide bonds. The lowest BCUT2D eigenvalue weighted by Gasteiger charge is -2.38. The molecule has 0 unspecified atom stereocenters. The van der Waals surface area contributed by atoms with Crippen LogP contribution in [0.4, 0.5) is 35.1 Å². The molecule has 1 fully saturated rings. The van der Waals surface area contributed by atoms with E-state index in [-0.39, 0.29) is 48.1 Å². The SMILES string of the molecule is CC(=O)NCC(=O)N[C@@H]1CC[C@@]2(S(=O)(=O)c3ccc(F)cc3)c3ccc(C(F)(C(F)(F)F)C(F)(F)F)cc3CCC[C@@H]12. The van der Waals surface area contributed by atoms with Crippen molar-refractivity contribution in [2.45, 2.75) is 72.7 Å². The molecule has 0 aliphatic heterocycles. The van der Waals surface area contributed by atoms with Crippen LogP contribution in [0.15, 0.2) is 47.4 Å². The van der Waals surface area contributed by atoms with Crippen LogP contribution in [0.25, 0.3) is 0 Å². The minimum atomic E-state index is -6.36. The maximum absolute atomic E-state index is 15.0. The number of amides is 2. The second-order valence-corrected chi connectivity index (χ2v) is 12.7. The van der Waals surface area contributed by atoms with E-state index in [9.17, 15) is 53.1 Å². The molecule has 0 heterocycles. The van der Waals surface area contributed by atoms with Gasteiger partial charge in [0, 0.05) is 24.4 Å². The van der Waals surface area contributed by atoms with Gasteiger partial charge in [0.05, 0.1) is 11.4 Å². The van der Waals surface area contributed by atoms with Gasteiger partial charge in [-0.15, -0.1) is 0 Å². The predicted octanol–water partition coefficient (Wildman–Crippen LogP) is 5.15. The molecule has 42 heavy (non-hydrogen) atoms. The smallest absolute Gasteiger partial charge is 0.351 e. The van der Waals surface area contributed by atoms with Crippen molar-refractivity contribution in [1.82, 2.24) is 10.6 Å². The lowest BCUT2D eigenvalue weighted by atomic mass is 9.82. The Labute approximate surface area is 235 Å². The highest BCUT2D eigenvalue weighted by Crippen LogP contribution is 2.58. The Balaban J connectivity index is 1.90. The molecule has 230 valence electrons. The number of sulfone groups is 1. The summed E-state index contributed by atoms with van der Waals surface area (Å²) in [5, 5.41) is 5.00. The van der Waals surface area contributed by atoms with Gasteiger partial charge in [-0.05, 0) is 67.5 Å². The lowest BCUT2D eigenvalue weighted by molar-refractivity contribution is -0.348. The van der Waals surface area contributed by atoms with Crippen molar-refractivity contribution in [1.29, 1.82) is 0 Å². The number of hydrogen-bond acceptors (Lipinski definition) is 4. The van der Waals surface area contributed by atoms with E-state index >= 15 is 0 Å². The van der Waals surface area contributed by atoms with E-state index in [0.29, 0.717) is 12.1 Å². The second kappa shape index (κ2) is 10.8. The lowest BCUT2D eigenvalue weighted by Crippen LogP contribution is -2.50. The van der Waals surface area contributed by atoms with Gasteiger partial charge in [-0.3, -0.25) is 9.59 Å². The zero-order valence-electron chi connectivity index (χ0n) is 22.0. The molecule has 2 aromatic carbocycles. The first-order valence-electron chi connectivity index (χ1n) is 12.9. The van der Waals surface area contributed by atoms with Crippen LogP contribution in [0.5, 0.6) is 0 Å². The normalized spacial score (nSPS) is 23.0. The third kappa shape index (κ3) is 5.13. The molecule has 6 nitrogen and oxygen atoms in total. The molecule has 4 rings (SSSR count). The van der Waals surface area contributed by atoms with Crippen molar-refractivity contribution in [3.8, 4) is 0 Å². The van der Waals surface area contributed by atoms with Crippen LogP contribution in [0, 0.1) is 11.7 Å². The molecule has 0 aromatic heterocycles. The van der Waals surface area contributed by atoms with Crippen LogP contribution in [0.1, 0.15) is 49.3 Å². The Kier molecular flexibility index (Phi) is 8.15. The fourth-order valence-corrected chi connectivity index (χ4v) is 8.69. The zero-order chi connectivity index (χ0) is 31.3. The number of aryl methyl sites for hydroxylation is 1. The van der Waals surface area contributed by atoms with Crippen LogP contribution in [0.2, 0.25) is 0 Å². The number of hydrogen-bond donors (Lipinski definition) is 2. The third-order valence-electron chi connectivity index (χ3n) is 8.06. The van der Waals surface area contributed by atoms with Gasteiger partial charge in [0.2, 0.25) is 11.8 Å². The molecule has 2 aromatic rings. The summed E-state index contributed by atoms with van der Waals surface area (Å²) in [6.07, 6.45) is -12.9. The van der Waals surface area contributed by atoms with Gasteiger partial charge < -0.3 is 10.6 Å². The van der Waals surface area contributed by atoms with Crippen molar-refractivity contribution in [3.05, 3.63) is 65.0 Å². The number of carbonyl (C=O) groups is 2. The number of rotatable bonds is 6. The fraction of sp³-hybridized carbons (Fsp3) is 0.481. The molecule has 0 saturated heterocycles. The molecule has 0 spiro atoms. The Morgan fingerprint density at radius 1 is 0.952 bits per heavy atom.